The van der Waals surface area contributed by atoms with Gasteiger partial charge in [0.2, 0.25) is 0 Å². The standard InChI is InChI=1S/C22H27N3O3S/c1-3-28-22(27)20-19(17-7-5-4-6-8-17)16(2)29-21(20)23-18(26)15-25-12-9-24(10-13-25)11-14-25/h4-8H,3,9-15H2,1-2H3/p+1. The first-order valence-corrected chi connectivity index (χ1v) is 11.1. The third-order valence-corrected chi connectivity index (χ3v) is 7.05. The molecule has 2 bridgehead atoms. The number of thiophene rings is 1. The molecule has 0 unspecified atom stereocenters. The van der Waals surface area contributed by atoms with Crippen molar-refractivity contribution in [3.8, 4) is 11.1 Å². The zero-order valence-corrected chi connectivity index (χ0v) is 17.9. The van der Waals surface area contributed by atoms with Crippen LogP contribution in [0.4, 0.5) is 5.00 Å². The van der Waals surface area contributed by atoms with Crippen molar-refractivity contribution in [1.29, 1.82) is 0 Å². The van der Waals surface area contributed by atoms with E-state index in [0.29, 0.717) is 23.7 Å². The summed E-state index contributed by atoms with van der Waals surface area (Å²) in [6, 6.07) is 9.81. The SMILES string of the molecule is CCOC(=O)c1c(NC(=O)C[N+]23CCN(CC2)CC3)sc(C)c1-c1ccccc1. The Bertz CT molecular complexity index is 888. The quantitative estimate of drug-likeness (QED) is 0.583. The second-order valence-corrected chi connectivity index (χ2v) is 9.11. The molecule has 3 saturated heterocycles. The smallest absolute Gasteiger partial charge is 0.341 e. The van der Waals surface area contributed by atoms with E-state index in [-0.39, 0.29) is 11.9 Å². The molecule has 0 atom stereocenters. The van der Waals surface area contributed by atoms with Crippen molar-refractivity contribution in [1.82, 2.24) is 4.90 Å². The molecule has 1 amide bonds. The van der Waals surface area contributed by atoms with Gasteiger partial charge >= 0.3 is 5.97 Å². The fourth-order valence-corrected chi connectivity index (χ4v) is 5.50. The molecule has 6 nitrogen and oxygen atoms in total. The van der Waals surface area contributed by atoms with Crippen LogP contribution in [0.15, 0.2) is 30.3 Å². The van der Waals surface area contributed by atoms with E-state index >= 15 is 0 Å². The van der Waals surface area contributed by atoms with Crippen molar-refractivity contribution in [2.45, 2.75) is 13.8 Å². The molecule has 0 radical (unpaired) electrons. The Morgan fingerprint density at radius 1 is 1.14 bits per heavy atom. The number of rotatable bonds is 6. The molecular weight excluding hydrogens is 386 g/mol. The van der Waals surface area contributed by atoms with Gasteiger partial charge in [-0.25, -0.2) is 4.79 Å². The first-order valence-electron chi connectivity index (χ1n) is 10.2. The number of ether oxygens (including phenoxy) is 1. The van der Waals surface area contributed by atoms with Crippen molar-refractivity contribution in [3.05, 3.63) is 40.8 Å². The predicted molar refractivity (Wildman–Crippen MR) is 115 cm³/mol. The summed E-state index contributed by atoms with van der Waals surface area (Å²) in [6.07, 6.45) is 0. The largest absolute Gasteiger partial charge is 0.462 e. The summed E-state index contributed by atoms with van der Waals surface area (Å²) >= 11 is 1.45. The molecule has 2 aromatic rings. The lowest BCUT2D eigenvalue weighted by Crippen LogP contribution is -2.68. The number of carbonyl (C=O) groups excluding carboxylic acids is 2. The van der Waals surface area contributed by atoms with Crippen LogP contribution in [0.25, 0.3) is 11.1 Å². The van der Waals surface area contributed by atoms with Gasteiger partial charge in [0.15, 0.2) is 6.54 Å². The monoisotopic (exact) mass is 414 g/mol. The summed E-state index contributed by atoms with van der Waals surface area (Å²) in [7, 11) is 0. The average molecular weight is 415 g/mol. The molecule has 1 aromatic heterocycles. The van der Waals surface area contributed by atoms with Crippen molar-refractivity contribution in [2.24, 2.45) is 0 Å². The van der Waals surface area contributed by atoms with Crippen molar-refractivity contribution in [3.63, 3.8) is 0 Å². The van der Waals surface area contributed by atoms with Gasteiger partial charge in [-0.2, -0.15) is 0 Å². The van der Waals surface area contributed by atoms with Crippen LogP contribution in [-0.4, -0.2) is 73.7 Å². The van der Waals surface area contributed by atoms with Gasteiger partial charge in [-0.3, -0.25) is 9.69 Å². The number of benzene rings is 1. The number of esters is 1. The van der Waals surface area contributed by atoms with E-state index < -0.39 is 0 Å². The summed E-state index contributed by atoms with van der Waals surface area (Å²) in [5.74, 6) is -0.406. The van der Waals surface area contributed by atoms with E-state index in [1.54, 1.807) is 6.92 Å². The first kappa shape index (κ1) is 20.1. The van der Waals surface area contributed by atoms with Gasteiger partial charge in [0.05, 0.1) is 26.2 Å². The molecule has 3 fully saturated rings. The highest BCUT2D eigenvalue weighted by atomic mass is 32.1. The van der Waals surface area contributed by atoms with Crippen LogP contribution in [0.2, 0.25) is 0 Å². The number of quaternary nitrogens is 1. The van der Waals surface area contributed by atoms with Crippen molar-refractivity contribution in [2.75, 3.05) is 57.7 Å². The van der Waals surface area contributed by atoms with Gasteiger partial charge in [0.1, 0.15) is 10.6 Å². The Kier molecular flexibility index (Phi) is 5.72. The van der Waals surface area contributed by atoms with Crippen LogP contribution < -0.4 is 5.32 Å². The van der Waals surface area contributed by atoms with Crippen LogP contribution >= 0.6 is 11.3 Å². The zero-order valence-electron chi connectivity index (χ0n) is 17.1. The second-order valence-electron chi connectivity index (χ2n) is 7.88. The second kappa shape index (κ2) is 8.26. The Hall–Kier alpha value is -2.22. The zero-order chi connectivity index (χ0) is 20.4. The maximum atomic E-state index is 13.0. The maximum Gasteiger partial charge on any atom is 0.341 e. The highest BCUT2D eigenvalue weighted by Crippen LogP contribution is 2.40. The molecule has 1 N–H and O–H groups in total. The van der Waals surface area contributed by atoms with Crippen molar-refractivity contribution < 1.29 is 18.8 Å². The van der Waals surface area contributed by atoms with Crippen LogP contribution in [0, 0.1) is 6.92 Å². The van der Waals surface area contributed by atoms with E-state index in [1.807, 2.05) is 37.3 Å². The molecule has 0 saturated carbocycles. The number of amides is 1. The van der Waals surface area contributed by atoms with Crippen LogP contribution in [0.3, 0.4) is 0 Å². The molecule has 5 rings (SSSR count). The number of hydrogen-bond acceptors (Lipinski definition) is 5. The molecular formula is C22H28N3O3S+. The molecule has 0 aliphatic carbocycles. The Morgan fingerprint density at radius 3 is 2.41 bits per heavy atom. The molecule has 4 heterocycles. The summed E-state index contributed by atoms with van der Waals surface area (Å²) in [4.78, 5) is 29.2. The lowest BCUT2D eigenvalue weighted by Gasteiger charge is -2.50. The van der Waals surface area contributed by atoms with E-state index in [0.717, 1.165) is 59.8 Å². The van der Waals surface area contributed by atoms with E-state index in [1.165, 1.54) is 11.3 Å². The minimum Gasteiger partial charge on any atom is -0.462 e. The van der Waals surface area contributed by atoms with Crippen LogP contribution in [-0.2, 0) is 9.53 Å². The number of nitrogens with one attached hydrogen (secondary N) is 1. The van der Waals surface area contributed by atoms with Gasteiger partial charge in [0, 0.05) is 30.1 Å². The molecule has 3 aliphatic heterocycles. The fourth-order valence-electron chi connectivity index (χ4n) is 4.42. The highest BCUT2D eigenvalue weighted by Gasteiger charge is 2.40. The van der Waals surface area contributed by atoms with Gasteiger partial charge in [0.25, 0.3) is 5.91 Å². The number of anilines is 1. The summed E-state index contributed by atoms with van der Waals surface area (Å²) < 4.78 is 6.18. The minimum atomic E-state index is -0.385. The lowest BCUT2D eigenvalue weighted by atomic mass is 10.0. The van der Waals surface area contributed by atoms with E-state index in [9.17, 15) is 9.59 Å². The fraction of sp³-hybridized carbons (Fsp3) is 0.455. The number of piperazine rings is 3. The van der Waals surface area contributed by atoms with Crippen molar-refractivity contribution >= 4 is 28.2 Å². The third kappa shape index (κ3) is 4.08. The Labute approximate surface area is 175 Å². The number of hydrogen-bond donors (Lipinski definition) is 1. The highest BCUT2D eigenvalue weighted by molar-refractivity contribution is 7.17. The average Bonchev–Trinajstić information content (AvgIpc) is 3.05. The van der Waals surface area contributed by atoms with Gasteiger partial charge < -0.3 is 14.5 Å². The maximum absolute atomic E-state index is 13.0. The molecule has 7 heteroatoms. The number of aryl methyl sites for hydroxylation is 1. The van der Waals surface area contributed by atoms with Crippen LogP contribution in [0.5, 0.6) is 0 Å². The van der Waals surface area contributed by atoms with E-state index in [4.69, 9.17) is 4.74 Å². The summed E-state index contributed by atoms with van der Waals surface area (Å²) in [6.45, 7) is 10.8. The predicted octanol–water partition coefficient (Wildman–Crippen LogP) is 2.98. The summed E-state index contributed by atoms with van der Waals surface area (Å²) in [5, 5.41) is 3.65. The lowest BCUT2D eigenvalue weighted by molar-refractivity contribution is -0.933. The molecule has 3 aliphatic rings. The third-order valence-electron chi connectivity index (χ3n) is 6.03. The minimum absolute atomic E-state index is 0.0215. The van der Waals surface area contributed by atoms with E-state index in [2.05, 4.69) is 10.2 Å². The number of carbonyl (C=O) groups is 2. The van der Waals surface area contributed by atoms with Gasteiger partial charge in [-0.05, 0) is 19.4 Å². The topological polar surface area (TPSA) is 58.6 Å². The first-order chi connectivity index (χ1) is 14.0. The molecule has 1 aromatic carbocycles. The summed E-state index contributed by atoms with van der Waals surface area (Å²) in [5.41, 5.74) is 2.28. The van der Waals surface area contributed by atoms with Crippen LogP contribution in [0.1, 0.15) is 22.2 Å². The Balaban J connectivity index is 1.61. The molecule has 29 heavy (non-hydrogen) atoms. The molecule has 0 spiro atoms. The van der Waals surface area contributed by atoms with Gasteiger partial charge in [-0.15, -0.1) is 11.3 Å². The Morgan fingerprint density at radius 2 is 1.79 bits per heavy atom. The number of nitrogens with zero attached hydrogens (tertiary/aromatic N) is 2. The molecule has 154 valence electrons. The normalized spacial score (nSPS) is 23.0. The number of fused-ring (bicyclic) bond motifs is 3. The van der Waals surface area contributed by atoms with Gasteiger partial charge in [-0.1, -0.05) is 30.3 Å².